The number of aromatic nitrogens is 1. The van der Waals surface area contributed by atoms with Crippen molar-refractivity contribution < 1.29 is 26.4 Å². The molecule has 39 heavy (non-hydrogen) atoms. The van der Waals surface area contributed by atoms with E-state index in [0.717, 1.165) is 5.56 Å². The number of nitrogens with one attached hydrogen (secondary N) is 1. The second-order valence-electron chi connectivity index (χ2n) is 11.5. The molecule has 3 aliphatic carbocycles. The number of alkyl halides is 3. The summed E-state index contributed by atoms with van der Waals surface area (Å²) in [6.45, 7) is 3.78. The smallest absolute Gasteiger partial charge is 0.366 e. The molecule has 3 saturated carbocycles. The number of amidine groups is 1. The molecule has 7 nitrogen and oxygen atoms in total. The Morgan fingerprint density at radius 2 is 1.79 bits per heavy atom. The molecule has 2 aromatic rings. The van der Waals surface area contributed by atoms with Gasteiger partial charge in [-0.3, -0.25) is 9.79 Å². The van der Waals surface area contributed by atoms with E-state index in [0.29, 0.717) is 30.1 Å². The first-order valence-corrected chi connectivity index (χ1v) is 14.6. The maximum atomic E-state index is 13.8. The summed E-state index contributed by atoms with van der Waals surface area (Å²) in [5, 5.41) is 3.87. The largest absolute Gasteiger partial charge is 0.389 e. The predicted molar refractivity (Wildman–Crippen MR) is 141 cm³/mol. The van der Waals surface area contributed by atoms with Crippen LogP contribution in [0.4, 0.5) is 13.2 Å². The van der Waals surface area contributed by atoms with E-state index in [2.05, 4.69) is 15.3 Å². The van der Waals surface area contributed by atoms with Gasteiger partial charge in [-0.2, -0.15) is 17.5 Å². The maximum absolute atomic E-state index is 13.8. The Morgan fingerprint density at radius 3 is 2.38 bits per heavy atom. The summed E-state index contributed by atoms with van der Waals surface area (Å²) in [6, 6.07) is 11.0. The van der Waals surface area contributed by atoms with Crippen molar-refractivity contribution >= 4 is 33.2 Å². The van der Waals surface area contributed by atoms with Gasteiger partial charge in [0.25, 0.3) is 10.0 Å². The van der Waals surface area contributed by atoms with E-state index in [1.165, 1.54) is 16.6 Å². The molecule has 6 rings (SSSR count). The first-order valence-electron chi connectivity index (χ1n) is 12.8. The van der Waals surface area contributed by atoms with Crippen molar-refractivity contribution in [3.8, 4) is 0 Å². The van der Waals surface area contributed by atoms with Crippen LogP contribution < -0.4 is 5.32 Å². The lowest BCUT2D eigenvalue weighted by Gasteiger charge is -2.72. The van der Waals surface area contributed by atoms with Gasteiger partial charge >= 0.3 is 6.18 Å². The van der Waals surface area contributed by atoms with Crippen molar-refractivity contribution in [2.75, 3.05) is 0 Å². The fourth-order valence-electron chi connectivity index (χ4n) is 6.17. The van der Waals surface area contributed by atoms with Crippen molar-refractivity contribution in [2.45, 2.75) is 87.2 Å². The van der Waals surface area contributed by atoms with Crippen LogP contribution in [0.15, 0.2) is 58.7 Å². The zero-order valence-corrected chi connectivity index (χ0v) is 23.2. The van der Waals surface area contributed by atoms with Crippen molar-refractivity contribution in [2.24, 2.45) is 10.4 Å². The lowest BCUT2D eigenvalue weighted by atomic mass is 9.38. The van der Waals surface area contributed by atoms with Crippen LogP contribution in [0, 0.1) is 5.41 Å². The number of hydrogen-bond acceptors (Lipinski definition) is 6. The highest BCUT2D eigenvalue weighted by Gasteiger charge is 2.75. The minimum Gasteiger partial charge on any atom is -0.366 e. The molecule has 210 valence electrons. The number of carbonyl (C=O) groups is 1. The normalized spacial score (nSPS) is 27.4. The van der Waals surface area contributed by atoms with Crippen LogP contribution in [0.5, 0.6) is 0 Å². The quantitative estimate of drug-likeness (QED) is 0.410. The number of carbonyl (C=O) groups excluding carboxylic acids is 1. The lowest BCUT2D eigenvalue weighted by Crippen LogP contribution is -2.78. The Kier molecular flexibility index (Phi) is 6.87. The molecule has 12 heteroatoms. The van der Waals surface area contributed by atoms with Gasteiger partial charge in [-0.05, 0) is 69.4 Å². The molecule has 1 aromatic carbocycles. The van der Waals surface area contributed by atoms with Crippen LogP contribution in [0.25, 0.3) is 0 Å². The fraction of sp³-hybridized carbons (Fsp3) is 0.519. The summed E-state index contributed by atoms with van der Waals surface area (Å²) in [5.41, 5.74) is -0.967. The Labute approximate surface area is 230 Å². The molecule has 1 atom stereocenters. The lowest BCUT2D eigenvalue weighted by molar-refractivity contribution is -0.151. The highest BCUT2D eigenvalue weighted by atomic mass is 35.5. The minimum atomic E-state index is -4.30. The molecule has 0 unspecified atom stereocenters. The molecule has 0 amide bonds. The number of rotatable bonds is 10. The zero-order chi connectivity index (χ0) is 28.3. The average molecular weight is 583 g/mol. The van der Waals surface area contributed by atoms with Crippen molar-refractivity contribution in [1.82, 2.24) is 14.6 Å². The van der Waals surface area contributed by atoms with E-state index in [-0.39, 0.29) is 30.2 Å². The Bertz CT molecular complexity index is 1380. The number of hydrogen-bond donors (Lipinski definition) is 1. The third kappa shape index (κ3) is 5.20. The number of Topliss-reactive ketones (excluding diaryl/α,β-unsaturated/α-hetero) is 1. The number of aliphatic imine (C=N–C) groups is 1. The van der Waals surface area contributed by atoms with E-state index < -0.39 is 45.2 Å². The van der Waals surface area contributed by atoms with Crippen LogP contribution in [-0.4, -0.2) is 52.6 Å². The number of nitrogens with zero attached hydrogens (tertiary/aromatic N) is 3. The summed E-state index contributed by atoms with van der Waals surface area (Å²) in [6.07, 6.45) is -2.74. The molecular weight excluding hydrogens is 553 g/mol. The molecule has 1 aliphatic heterocycles. The third-order valence-corrected chi connectivity index (χ3v) is 10.2. The van der Waals surface area contributed by atoms with Crippen LogP contribution in [0.3, 0.4) is 0 Å². The average Bonchev–Trinajstić information content (AvgIpc) is 3.12. The van der Waals surface area contributed by atoms with Crippen LogP contribution in [0.1, 0.15) is 57.9 Å². The van der Waals surface area contributed by atoms with Gasteiger partial charge in [0.2, 0.25) is 0 Å². The molecule has 1 N–H and O–H groups in total. The summed E-state index contributed by atoms with van der Waals surface area (Å²) in [7, 11) is -3.93. The second-order valence-corrected chi connectivity index (χ2v) is 13.7. The maximum Gasteiger partial charge on any atom is 0.389 e. The number of sulfonamides is 1. The van der Waals surface area contributed by atoms with Gasteiger partial charge < -0.3 is 5.32 Å². The molecule has 2 heterocycles. The Hall–Kier alpha value is -2.50. The monoisotopic (exact) mass is 582 g/mol. The summed E-state index contributed by atoms with van der Waals surface area (Å²) >= 11 is 6.03. The van der Waals surface area contributed by atoms with Gasteiger partial charge in [-0.1, -0.05) is 29.8 Å². The van der Waals surface area contributed by atoms with Gasteiger partial charge in [0.1, 0.15) is 11.9 Å². The van der Waals surface area contributed by atoms with Crippen molar-refractivity contribution in [3.63, 3.8) is 0 Å². The Morgan fingerprint density at radius 1 is 1.13 bits per heavy atom. The number of benzene rings is 1. The fourth-order valence-corrected chi connectivity index (χ4v) is 7.98. The molecule has 0 spiro atoms. The van der Waals surface area contributed by atoms with Crippen molar-refractivity contribution in [3.05, 3.63) is 59.2 Å². The Balaban J connectivity index is 1.35. The summed E-state index contributed by atoms with van der Waals surface area (Å²) in [5.74, 6) is 0.320. The molecule has 3 fully saturated rings. The predicted octanol–water partition coefficient (Wildman–Crippen LogP) is 5.30. The highest BCUT2D eigenvalue weighted by Crippen LogP contribution is 2.71. The molecule has 2 bridgehead atoms. The number of pyridine rings is 1. The molecule has 0 saturated heterocycles. The van der Waals surface area contributed by atoms with E-state index in [1.807, 2.05) is 13.8 Å². The van der Waals surface area contributed by atoms with Gasteiger partial charge in [0, 0.05) is 41.6 Å². The van der Waals surface area contributed by atoms with E-state index in [9.17, 15) is 26.4 Å². The number of ketones is 1. The van der Waals surface area contributed by atoms with Crippen molar-refractivity contribution in [1.29, 1.82) is 0 Å². The topological polar surface area (TPSA) is 91.7 Å². The molecule has 4 aliphatic rings. The first kappa shape index (κ1) is 28.0. The standard InChI is InChI=1S/C27H30ClF3N4O3S/c1-24(2)22(20(36)6-5-12-27(29,30)31)33-23(34-24)25-15-26(16-25,17-25)35(14-18-8-10-19(28)11-9-18)39(37,38)21-7-3-4-13-32-21/h3-4,7-11,13,22H,5-6,12,14-17H2,1-2H3,(H,33,34)/t22-,25?,26?/m0/s1. The van der Waals surface area contributed by atoms with E-state index in [1.54, 1.807) is 36.4 Å². The zero-order valence-electron chi connectivity index (χ0n) is 21.6. The van der Waals surface area contributed by atoms with Gasteiger partial charge in [-0.25, -0.2) is 13.4 Å². The number of halogens is 4. The van der Waals surface area contributed by atoms with E-state index in [4.69, 9.17) is 11.6 Å². The summed E-state index contributed by atoms with van der Waals surface area (Å²) in [4.78, 5) is 21.6. The minimum absolute atomic E-state index is 0.0280. The first-order chi connectivity index (χ1) is 18.2. The van der Waals surface area contributed by atoms with Crippen LogP contribution in [0.2, 0.25) is 5.02 Å². The van der Waals surface area contributed by atoms with Crippen LogP contribution in [-0.2, 0) is 21.4 Å². The molecular formula is C27H30ClF3N4O3S. The van der Waals surface area contributed by atoms with Gasteiger partial charge in [-0.15, -0.1) is 0 Å². The van der Waals surface area contributed by atoms with Gasteiger partial charge in [0.05, 0.1) is 5.54 Å². The third-order valence-electron chi connectivity index (χ3n) is 8.04. The molecule has 0 radical (unpaired) electrons. The van der Waals surface area contributed by atoms with Gasteiger partial charge in [0.15, 0.2) is 10.8 Å². The SMILES string of the molecule is CC1(C)NC(C23CC(N(Cc4ccc(Cl)cc4)S(=O)(=O)c4ccccn4)(C2)C3)=N[C@H]1C(=O)CCCC(F)(F)F. The highest BCUT2D eigenvalue weighted by molar-refractivity contribution is 7.89. The molecule has 1 aromatic heterocycles. The second kappa shape index (κ2) is 9.55. The summed E-state index contributed by atoms with van der Waals surface area (Å²) < 4.78 is 66.7. The van der Waals surface area contributed by atoms with E-state index >= 15 is 0 Å². The van der Waals surface area contributed by atoms with Crippen LogP contribution >= 0.6 is 11.6 Å².